The molecular formula is C21H19FN6O4. The highest BCUT2D eigenvalue weighted by Gasteiger charge is 2.32. The van der Waals surface area contributed by atoms with Gasteiger partial charge in [-0.05, 0) is 24.3 Å². The Labute approximate surface area is 182 Å². The van der Waals surface area contributed by atoms with Gasteiger partial charge in [-0.15, -0.1) is 0 Å². The van der Waals surface area contributed by atoms with Crippen molar-refractivity contribution in [2.24, 2.45) is 5.16 Å². The number of oxime groups is 1. The molecule has 2 N–H and O–H groups in total. The van der Waals surface area contributed by atoms with Crippen LogP contribution >= 0.6 is 0 Å². The summed E-state index contributed by atoms with van der Waals surface area (Å²) in [4.78, 5) is 33.0. The Kier molecular flexibility index (Phi) is 5.79. The first kappa shape index (κ1) is 21.0. The Bertz CT molecular complexity index is 1180. The average molecular weight is 438 g/mol. The Hall–Kier alpha value is -4.28. The normalized spacial score (nSPS) is 15.9. The minimum absolute atomic E-state index is 0.192. The van der Waals surface area contributed by atoms with Crippen LogP contribution in [-0.4, -0.2) is 57.2 Å². The monoisotopic (exact) mass is 438 g/mol. The van der Waals surface area contributed by atoms with Gasteiger partial charge in [0.25, 0.3) is 0 Å². The highest BCUT2D eigenvalue weighted by atomic mass is 19.1. The molecule has 1 aliphatic rings. The first-order valence-corrected chi connectivity index (χ1v) is 9.65. The molecule has 1 atom stereocenters. The van der Waals surface area contributed by atoms with Crippen molar-refractivity contribution in [2.75, 3.05) is 18.0 Å². The van der Waals surface area contributed by atoms with E-state index in [1.165, 1.54) is 36.5 Å². The molecule has 2 amide bonds. The predicted molar refractivity (Wildman–Crippen MR) is 112 cm³/mol. The number of anilines is 1. The quantitative estimate of drug-likeness (QED) is 0.346. The first-order valence-electron chi connectivity index (χ1n) is 9.65. The molecule has 2 aromatic heterocycles. The summed E-state index contributed by atoms with van der Waals surface area (Å²) in [7, 11) is 0. The predicted octanol–water partition coefficient (Wildman–Crippen LogP) is 2.34. The largest absolute Gasteiger partial charge is 0.442 e. The third-order valence-electron chi connectivity index (χ3n) is 4.82. The fraction of sp³-hybridized carbons (Fsp3) is 0.190. The molecule has 164 valence electrons. The van der Waals surface area contributed by atoms with Gasteiger partial charge in [-0.1, -0.05) is 5.16 Å². The van der Waals surface area contributed by atoms with Crippen molar-refractivity contribution in [3.8, 4) is 17.1 Å². The summed E-state index contributed by atoms with van der Waals surface area (Å²) in [6.45, 7) is 1.77. The zero-order valence-corrected chi connectivity index (χ0v) is 17.0. The molecule has 0 aliphatic carbocycles. The molecule has 32 heavy (non-hydrogen) atoms. The molecule has 3 aromatic rings. The Morgan fingerprint density at radius 3 is 2.84 bits per heavy atom. The Morgan fingerprint density at radius 2 is 2.16 bits per heavy atom. The van der Waals surface area contributed by atoms with Gasteiger partial charge < -0.3 is 15.3 Å². The molecule has 11 heteroatoms. The number of benzene rings is 1. The van der Waals surface area contributed by atoms with Crippen molar-refractivity contribution < 1.29 is 23.9 Å². The molecule has 0 spiro atoms. The van der Waals surface area contributed by atoms with E-state index in [0.29, 0.717) is 22.8 Å². The van der Waals surface area contributed by atoms with E-state index in [4.69, 9.17) is 9.94 Å². The first-order chi connectivity index (χ1) is 15.4. The molecule has 10 nitrogen and oxygen atoms in total. The Balaban J connectivity index is 1.49. The second-order valence-electron chi connectivity index (χ2n) is 7.09. The minimum atomic E-state index is -0.600. The maximum Gasteiger partial charge on any atom is 0.414 e. The molecule has 1 fully saturated rings. The van der Waals surface area contributed by atoms with E-state index in [9.17, 15) is 14.0 Å². The zero-order valence-electron chi connectivity index (χ0n) is 17.0. The van der Waals surface area contributed by atoms with E-state index in [1.54, 1.807) is 35.2 Å². The van der Waals surface area contributed by atoms with Crippen molar-refractivity contribution >= 4 is 23.9 Å². The number of carbonyl (C=O) groups is 2. The second kappa shape index (κ2) is 8.84. The molecule has 1 aliphatic heterocycles. The van der Waals surface area contributed by atoms with Crippen LogP contribution in [0, 0.1) is 5.82 Å². The molecule has 0 bridgehead atoms. The zero-order chi connectivity index (χ0) is 22.7. The van der Waals surface area contributed by atoms with Gasteiger partial charge in [-0.25, -0.2) is 19.2 Å². The minimum Gasteiger partial charge on any atom is -0.442 e. The molecule has 0 unspecified atom stereocenters. The van der Waals surface area contributed by atoms with Crippen molar-refractivity contribution in [1.82, 2.24) is 19.9 Å². The number of carbonyl (C=O) groups excluding carboxylic acids is 2. The fourth-order valence-electron chi connectivity index (χ4n) is 3.28. The van der Waals surface area contributed by atoms with E-state index in [-0.39, 0.29) is 24.6 Å². The smallest absolute Gasteiger partial charge is 0.414 e. The van der Waals surface area contributed by atoms with Crippen LogP contribution < -0.4 is 10.2 Å². The molecule has 4 rings (SSSR count). The topological polar surface area (TPSA) is 122 Å². The third-order valence-corrected chi connectivity index (χ3v) is 4.82. The lowest BCUT2D eigenvalue weighted by Gasteiger charge is -2.14. The highest BCUT2D eigenvalue weighted by molar-refractivity contribution is 5.90. The highest BCUT2D eigenvalue weighted by Crippen LogP contribution is 2.28. The van der Waals surface area contributed by atoms with Gasteiger partial charge in [0.2, 0.25) is 11.9 Å². The maximum absolute atomic E-state index is 14.8. The van der Waals surface area contributed by atoms with Gasteiger partial charge in [-0.3, -0.25) is 14.3 Å². The average Bonchev–Trinajstić information content (AvgIpc) is 3.39. The van der Waals surface area contributed by atoms with E-state index >= 15 is 0 Å². The van der Waals surface area contributed by atoms with E-state index in [0.717, 1.165) is 0 Å². The van der Waals surface area contributed by atoms with Gasteiger partial charge in [0, 0.05) is 48.4 Å². The van der Waals surface area contributed by atoms with Crippen LogP contribution in [0.2, 0.25) is 0 Å². The van der Waals surface area contributed by atoms with Crippen LogP contribution in [0.25, 0.3) is 17.1 Å². The maximum atomic E-state index is 14.8. The molecule has 1 saturated heterocycles. The lowest BCUT2D eigenvalue weighted by molar-refractivity contribution is -0.119. The van der Waals surface area contributed by atoms with Crippen LogP contribution in [0.3, 0.4) is 0 Å². The van der Waals surface area contributed by atoms with Crippen LogP contribution in [0.1, 0.15) is 12.5 Å². The van der Waals surface area contributed by atoms with E-state index in [1.807, 2.05) is 0 Å². The summed E-state index contributed by atoms with van der Waals surface area (Å²) in [5.74, 6) is -0.396. The number of nitrogens with one attached hydrogen (secondary N) is 1. The number of aromatic nitrogens is 3. The number of hydrogen-bond acceptors (Lipinski definition) is 7. The lowest BCUT2D eigenvalue weighted by Crippen LogP contribution is -2.33. The van der Waals surface area contributed by atoms with Crippen molar-refractivity contribution in [2.45, 2.75) is 13.0 Å². The van der Waals surface area contributed by atoms with Crippen LogP contribution in [0.4, 0.5) is 14.9 Å². The number of halogens is 1. The van der Waals surface area contributed by atoms with Gasteiger partial charge in [0.1, 0.15) is 11.9 Å². The SMILES string of the molecule is CC(=O)NC[C@H]1CN(c2ccc(-c3cnc(-n4ccc(/C=N/O)c4)nc3)c(F)c2)C(=O)O1. The summed E-state index contributed by atoms with van der Waals surface area (Å²) >= 11 is 0. The van der Waals surface area contributed by atoms with Gasteiger partial charge in [0.15, 0.2) is 0 Å². The van der Waals surface area contributed by atoms with Crippen LogP contribution in [-0.2, 0) is 9.53 Å². The molecule has 1 aromatic carbocycles. The molecule has 0 radical (unpaired) electrons. The summed E-state index contributed by atoms with van der Waals surface area (Å²) in [6.07, 6.45) is 6.54. The van der Waals surface area contributed by atoms with Gasteiger partial charge >= 0.3 is 6.09 Å². The number of rotatable bonds is 6. The second-order valence-corrected chi connectivity index (χ2v) is 7.09. The third kappa shape index (κ3) is 4.41. The summed E-state index contributed by atoms with van der Waals surface area (Å²) in [5.41, 5.74) is 1.77. The molecular weight excluding hydrogens is 419 g/mol. The van der Waals surface area contributed by atoms with Crippen molar-refractivity contribution in [3.05, 3.63) is 60.4 Å². The van der Waals surface area contributed by atoms with Gasteiger partial charge in [0.05, 0.1) is 25.0 Å². The summed E-state index contributed by atoms with van der Waals surface area (Å²) < 4.78 is 21.7. The number of cyclic esters (lactones) is 1. The van der Waals surface area contributed by atoms with E-state index in [2.05, 4.69) is 20.4 Å². The molecule has 3 heterocycles. The van der Waals surface area contributed by atoms with Crippen LogP contribution in [0.5, 0.6) is 0 Å². The lowest BCUT2D eigenvalue weighted by atomic mass is 10.1. The van der Waals surface area contributed by atoms with Crippen molar-refractivity contribution in [3.63, 3.8) is 0 Å². The van der Waals surface area contributed by atoms with Crippen LogP contribution in [0.15, 0.2) is 54.2 Å². The van der Waals surface area contributed by atoms with E-state index < -0.39 is 18.0 Å². The number of nitrogens with zero attached hydrogens (tertiary/aromatic N) is 5. The number of amides is 2. The summed E-state index contributed by atoms with van der Waals surface area (Å²) in [6, 6.07) is 6.13. The standard InChI is InChI=1S/C21H19FN6O4/c1-13(29)23-10-17-12-28(21(30)32-17)16-2-3-18(19(22)6-16)15-8-24-20(25-9-15)27-5-4-14(11-27)7-26-31/h2-9,11,17,31H,10,12H2,1H3,(H,23,29)/b26-7+/t17-/m0/s1. The fourth-order valence-corrected chi connectivity index (χ4v) is 3.28. The van der Waals surface area contributed by atoms with Gasteiger partial charge in [-0.2, -0.15) is 0 Å². The molecule has 0 saturated carbocycles. The number of hydrogen-bond donors (Lipinski definition) is 2. The number of ether oxygens (including phenoxy) is 1. The summed E-state index contributed by atoms with van der Waals surface area (Å²) in [5, 5.41) is 14.2. The van der Waals surface area contributed by atoms with Crippen molar-refractivity contribution in [1.29, 1.82) is 0 Å². The Morgan fingerprint density at radius 1 is 1.38 bits per heavy atom.